The molecule has 0 N–H and O–H groups in total. The van der Waals surface area contributed by atoms with Crippen molar-refractivity contribution >= 4 is 29.3 Å². The topological polar surface area (TPSA) is 23.8 Å². The summed E-state index contributed by atoms with van der Waals surface area (Å²) in [6, 6.07) is 9.00. The molecule has 1 aromatic carbocycles. The summed E-state index contributed by atoms with van der Waals surface area (Å²) in [7, 11) is 0. The first-order valence-corrected chi connectivity index (χ1v) is 4.01. The van der Waals surface area contributed by atoms with Crippen LogP contribution in [0, 0.1) is 11.3 Å². The van der Waals surface area contributed by atoms with Crippen LogP contribution in [-0.4, -0.2) is 0 Å². The fraction of sp³-hybridized carbons (Fsp3) is 0. The molecule has 3 heteroatoms. The molecule has 0 fully saturated rings. The summed E-state index contributed by atoms with van der Waals surface area (Å²) < 4.78 is 0. The van der Waals surface area contributed by atoms with Gasteiger partial charge in [-0.25, -0.2) is 0 Å². The molecule has 12 heavy (non-hydrogen) atoms. The highest BCUT2D eigenvalue weighted by atomic mass is 35.5. The first kappa shape index (κ1) is 9.12. The molecule has 1 aromatic rings. The molecule has 0 aliphatic rings. The van der Waals surface area contributed by atoms with Crippen molar-refractivity contribution in [2.45, 2.75) is 0 Å². The predicted octanol–water partition coefficient (Wildman–Crippen LogP) is 3.44. The molecule has 0 saturated heterocycles. The van der Waals surface area contributed by atoms with Gasteiger partial charge in [0.1, 0.15) is 11.1 Å². The van der Waals surface area contributed by atoms with Crippen molar-refractivity contribution in [3.63, 3.8) is 0 Å². The fourth-order valence-corrected chi connectivity index (χ4v) is 1.07. The van der Waals surface area contributed by atoms with Crippen molar-refractivity contribution in [1.82, 2.24) is 0 Å². The second kappa shape index (κ2) is 4.15. The highest BCUT2D eigenvalue weighted by Gasteiger charge is 1.95. The number of allylic oxidation sites excluding steroid dienone is 1. The molecule has 0 heterocycles. The number of rotatable bonds is 1. The van der Waals surface area contributed by atoms with E-state index in [1.54, 1.807) is 12.1 Å². The van der Waals surface area contributed by atoms with Crippen molar-refractivity contribution in [3.8, 4) is 6.07 Å². The van der Waals surface area contributed by atoms with Crippen LogP contribution in [0.2, 0.25) is 5.02 Å². The Morgan fingerprint density at radius 1 is 1.42 bits per heavy atom. The largest absolute Gasteiger partial charge is 0.191 e. The second-order valence-electron chi connectivity index (χ2n) is 2.13. The fourth-order valence-electron chi connectivity index (χ4n) is 0.761. The molecule has 0 saturated carbocycles. The molecular weight excluding hydrogens is 193 g/mol. The van der Waals surface area contributed by atoms with Crippen LogP contribution in [0.15, 0.2) is 29.3 Å². The number of nitriles is 1. The average Bonchev–Trinajstić information content (AvgIpc) is 2.09. The Hall–Kier alpha value is -0.970. The minimum absolute atomic E-state index is 0.128. The van der Waals surface area contributed by atoms with Gasteiger partial charge in [0.05, 0.1) is 0 Å². The first-order valence-electron chi connectivity index (χ1n) is 3.26. The van der Waals surface area contributed by atoms with Crippen molar-refractivity contribution < 1.29 is 0 Å². The third kappa shape index (κ3) is 2.27. The molecule has 1 nitrogen and oxygen atoms in total. The molecule has 0 bridgehead atoms. The monoisotopic (exact) mass is 197 g/mol. The van der Waals surface area contributed by atoms with Gasteiger partial charge in [-0.15, -0.1) is 0 Å². The zero-order valence-corrected chi connectivity index (χ0v) is 7.60. The zero-order valence-electron chi connectivity index (χ0n) is 6.09. The van der Waals surface area contributed by atoms with Gasteiger partial charge in [0.2, 0.25) is 0 Å². The molecule has 0 spiro atoms. The zero-order chi connectivity index (χ0) is 8.97. The van der Waals surface area contributed by atoms with Crippen molar-refractivity contribution in [2.75, 3.05) is 0 Å². The van der Waals surface area contributed by atoms with Gasteiger partial charge in [0.25, 0.3) is 0 Å². The molecule has 0 aromatic heterocycles. The van der Waals surface area contributed by atoms with Gasteiger partial charge in [0.15, 0.2) is 0 Å². The van der Waals surface area contributed by atoms with Gasteiger partial charge in [-0.3, -0.25) is 0 Å². The van der Waals surface area contributed by atoms with Crippen LogP contribution in [0.3, 0.4) is 0 Å². The number of halogens is 2. The highest BCUT2D eigenvalue weighted by Crippen LogP contribution is 2.18. The second-order valence-corrected chi connectivity index (χ2v) is 2.94. The van der Waals surface area contributed by atoms with Crippen LogP contribution in [0.5, 0.6) is 0 Å². The minimum Gasteiger partial charge on any atom is -0.191 e. The standard InChI is InChI=1S/C9H5Cl2N/c10-8(6-12)5-7-3-1-2-4-9(7)11/h1-5H. The summed E-state index contributed by atoms with van der Waals surface area (Å²) in [6.45, 7) is 0. The van der Waals surface area contributed by atoms with E-state index in [0.717, 1.165) is 5.56 Å². The van der Waals surface area contributed by atoms with Crippen LogP contribution < -0.4 is 0 Å². The lowest BCUT2D eigenvalue weighted by molar-refractivity contribution is 1.53. The van der Waals surface area contributed by atoms with Gasteiger partial charge >= 0.3 is 0 Å². The van der Waals surface area contributed by atoms with Gasteiger partial charge in [-0.1, -0.05) is 41.4 Å². The molecule has 0 radical (unpaired) electrons. The van der Waals surface area contributed by atoms with Crippen LogP contribution in [0.25, 0.3) is 6.08 Å². The summed E-state index contributed by atoms with van der Waals surface area (Å²) in [6.07, 6.45) is 1.53. The maximum atomic E-state index is 8.39. The van der Waals surface area contributed by atoms with E-state index in [9.17, 15) is 0 Å². The first-order chi connectivity index (χ1) is 5.74. The summed E-state index contributed by atoms with van der Waals surface area (Å²) in [5, 5.41) is 9.11. The molecule has 60 valence electrons. The third-order valence-electron chi connectivity index (χ3n) is 1.29. The maximum Gasteiger partial charge on any atom is 0.118 e. The van der Waals surface area contributed by atoms with Crippen LogP contribution >= 0.6 is 23.2 Å². The van der Waals surface area contributed by atoms with Gasteiger partial charge in [-0.2, -0.15) is 5.26 Å². The lowest BCUT2D eigenvalue weighted by atomic mass is 10.2. The molecule has 0 atom stereocenters. The molecule has 0 unspecified atom stereocenters. The van der Waals surface area contributed by atoms with Crippen LogP contribution in [-0.2, 0) is 0 Å². The van der Waals surface area contributed by atoms with E-state index in [1.807, 2.05) is 18.2 Å². The number of hydrogen-bond acceptors (Lipinski definition) is 1. The lowest BCUT2D eigenvalue weighted by Gasteiger charge is -1.94. The molecule has 0 aliphatic carbocycles. The van der Waals surface area contributed by atoms with Crippen molar-refractivity contribution in [1.29, 1.82) is 5.26 Å². The molecule has 1 rings (SSSR count). The van der Waals surface area contributed by atoms with Crippen LogP contribution in [0.4, 0.5) is 0 Å². The smallest absolute Gasteiger partial charge is 0.118 e. The average molecular weight is 198 g/mol. The summed E-state index contributed by atoms with van der Waals surface area (Å²) in [5.74, 6) is 0. The van der Waals surface area contributed by atoms with E-state index in [-0.39, 0.29) is 5.03 Å². The van der Waals surface area contributed by atoms with E-state index in [0.29, 0.717) is 5.02 Å². The van der Waals surface area contributed by atoms with E-state index < -0.39 is 0 Å². The van der Waals surface area contributed by atoms with Gasteiger partial charge in [-0.05, 0) is 17.7 Å². The Morgan fingerprint density at radius 2 is 2.08 bits per heavy atom. The number of hydrogen-bond donors (Lipinski definition) is 0. The van der Waals surface area contributed by atoms with Crippen molar-refractivity contribution in [3.05, 3.63) is 39.9 Å². The van der Waals surface area contributed by atoms with E-state index in [2.05, 4.69) is 0 Å². The normalized spacial score (nSPS) is 10.9. The van der Waals surface area contributed by atoms with Crippen LogP contribution in [0.1, 0.15) is 5.56 Å². The Labute approximate surface area is 80.8 Å². The predicted molar refractivity (Wildman–Crippen MR) is 50.9 cm³/mol. The summed E-state index contributed by atoms with van der Waals surface area (Å²) in [5.41, 5.74) is 0.755. The lowest BCUT2D eigenvalue weighted by Crippen LogP contribution is -1.73. The SMILES string of the molecule is N#CC(Cl)=Cc1ccccc1Cl. The minimum atomic E-state index is 0.128. The highest BCUT2D eigenvalue weighted by molar-refractivity contribution is 6.35. The number of benzene rings is 1. The van der Waals surface area contributed by atoms with E-state index >= 15 is 0 Å². The third-order valence-corrected chi connectivity index (χ3v) is 1.83. The quantitative estimate of drug-likeness (QED) is 0.634. The van der Waals surface area contributed by atoms with Gasteiger partial charge < -0.3 is 0 Å². The Kier molecular flexibility index (Phi) is 3.16. The number of nitrogens with zero attached hydrogens (tertiary/aromatic N) is 1. The molecule has 0 aliphatic heterocycles. The molecule has 0 amide bonds. The molecular formula is C9H5Cl2N. The van der Waals surface area contributed by atoms with E-state index in [1.165, 1.54) is 6.08 Å². The Balaban J connectivity index is 3.06. The Bertz CT molecular complexity index is 350. The van der Waals surface area contributed by atoms with Gasteiger partial charge in [0, 0.05) is 5.02 Å². The van der Waals surface area contributed by atoms with E-state index in [4.69, 9.17) is 28.5 Å². The summed E-state index contributed by atoms with van der Waals surface area (Å²) in [4.78, 5) is 0. The maximum absolute atomic E-state index is 8.39. The van der Waals surface area contributed by atoms with Crippen molar-refractivity contribution in [2.24, 2.45) is 0 Å². The Morgan fingerprint density at radius 3 is 2.67 bits per heavy atom. The summed E-state index contributed by atoms with van der Waals surface area (Å²) >= 11 is 11.3.